The third-order valence-electron chi connectivity index (χ3n) is 2.25. The standard InChI is InChI=1S/C12H19N3O2/c1-7(2)4-8(3)17-12-10(11(14)16)5-9(13)6-15-12/h5-8H,4,13H2,1-3H3,(H2,14,16). The molecule has 0 aromatic carbocycles. The minimum absolute atomic E-state index is 0.0239. The van der Waals surface area contributed by atoms with Crippen LogP contribution in [0.25, 0.3) is 0 Å². The van der Waals surface area contributed by atoms with Gasteiger partial charge in [0, 0.05) is 0 Å². The fourth-order valence-corrected chi connectivity index (χ4v) is 1.64. The molecule has 0 bridgehead atoms. The van der Waals surface area contributed by atoms with Crippen LogP contribution in [0.15, 0.2) is 12.3 Å². The Balaban J connectivity index is 2.86. The SMILES string of the molecule is CC(C)CC(C)Oc1ncc(N)cc1C(N)=O. The highest BCUT2D eigenvalue weighted by molar-refractivity contribution is 5.95. The molecule has 94 valence electrons. The van der Waals surface area contributed by atoms with Gasteiger partial charge in [0.2, 0.25) is 5.88 Å². The third-order valence-corrected chi connectivity index (χ3v) is 2.25. The largest absolute Gasteiger partial charge is 0.474 e. The maximum absolute atomic E-state index is 11.2. The number of pyridine rings is 1. The van der Waals surface area contributed by atoms with Crippen molar-refractivity contribution in [3.63, 3.8) is 0 Å². The first-order chi connectivity index (χ1) is 7.90. The first kappa shape index (κ1) is 13.3. The maximum atomic E-state index is 11.2. The second kappa shape index (κ2) is 5.52. The van der Waals surface area contributed by atoms with Crippen LogP contribution in [0, 0.1) is 5.92 Å². The monoisotopic (exact) mass is 237 g/mol. The summed E-state index contributed by atoms with van der Waals surface area (Å²) >= 11 is 0. The topological polar surface area (TPSA) is 91.2 Å². The summed E-state index contributed by atoms with van der Waals surface area (Å²) in [7, 11) is 0. The van der Waals surface area contributed by atoms with Gasteiger partial charge in [0.1, 0.15) is 5.56 Å². The molecule has 4 N–H and O–H groups in total. The highest BCUT2D eigenvalue weighted by atomic mass is 16.5. The Labute approximate surface area is 101 Å². The quantitative estimate of drug-likeness (QED) is 0.813. The smallest absolute Gasteiger partial charge is 0.254 e. The maximum Gasteiger partial charge on any atom is 0.254 e. The zero-order valence-electron chi connectivity index (χ0n) is 10.4. The first-order valence-corrected chi connectivity index (χ1v) is 5.62. The molecule has 1 amide bonds. The van der Waals surface area contributed by atoms with E-state index in [-0.39, 0.29) is 17.5 Å². The van der Waals surface area contributed by atoms with Gasteiger partial charge in [-0.25, -0.2) is 4.98 Å². The van der Waals surface area contributed by atoms with Crippen molar-refractivity contribution < 1.29 is 9.53 Å². The average Bonchev–Trinajstić information content (AvgIpc) is 2.19. The predicted octanol–water partition coefficient (Wildman–Crippen LogP) is 1.58. The second-order valence-electron chi connectivity index (χ2n) is 4.54. The van der Waals surface area contributed by atoms with Crippen LogP contribution in [-0.2, 0) is 0 Å². The molecule has 5 nitrogen and oxygen atoms in total. The number of carbonyl (C=O) groups excluding carboxylic acids is 1. The number of nitrogen functional groups attached to an aromatic ring is 1. The molecule has 1 atom stereocenters. The highest BCUT2D eigenvalue weighted by Gasteiger charge is 2.15. The molecule has 5 heteroatoms. The molecule has 1 aromatic rings. The van der Waals surface area contributed by atoms with Gasteiger partial charge in [-0.3, -0.25) is 4.79 Å². The van der Waals surface area contributed by atoms with E-state index >= 15 is 0 Å². The summed E-state index contributed by atoms with van der Waals surface area (Å²) in [5.74, 6) is 0.173. The number of rotatable bonds is 5. The van der Waals surface area contributed by atoms with E-state index in [1.807, 2.05) is 6.92 Å². The van der Waals surface area contributed by atoms with E-state index in [1.165, 1.54) is 12.3 Å². The third kappa shape index (κ3) is 3.94. The molecule has 0 spiro atoms. The van der Waals surface area contributed by atoms with Gasteiger partial charge in [-0.1, -0.05) is 13.8 Å². The molecule has 0 aliphatic heterocycles. The van der Waals surface area contributed by atoms with Crippen molar-refractivity contribution in [3.8, 4) is 5.88 Å². The van der Waals surface area contributed by atoms with Gasteiger partial charge in [-0.2, -0.15) is 0 Å². The van der Waals surface area contributed by atoms with E-state index in [0.717, 1.165) is 6.42 Å². The molecule has 1 unspecified atom stereocenters. The van der Waals surface area contributed by atoms with E-state index in [0.29, 0.717) is 11.6 Å². The number of nitrogens with two attached hydrogens (primary N) is 2. The summed E-state index contributed by atoms with van der Waals surface area (Å²) in [5.41, 5.74) is 11.4. The van der Waals surface area contributed by atoms with E-state index in [4.69, 9.17) is 16.2 Å². The number of primary amides is 1. The molecule has 1 rings (SSSR count). The van der Waals surface area contributed by atoms with Gasteiger partial charge in [-0.05, 0) is 25.3 Å². The Morgan fingerprint density at radius 3 is 2.65 bits per heavy atom. The Bertz CT molecular complexity index is 405. The summed E-state index contributed by atoms with van der Waals surface area (Å²) in [6, 6.07) is 1.48. The lowest BCUT2D eigenvalue weighted by Crippen LogP contribution is -2.20. The van der Waals surface area contributed by atoms with Crippen molar-refractivity contribution in [1.29, 1.82) is 0 Å². The van der Waals surface area contributed by atoms with Crippen molar-refractivity contribution in [3.05, 3.63) is 17.8 Å². The van der Waals surface area contributed by atoms with E-state index in [2.05, 4.69) is 18.8 Å². The average molecular weight is 237 g/mol. The van der Waals surface area contributed by atoms with Crippen LogP contribution in [0.3, 0.4) is 0 Å². The molecule has 0 radical (unpaired) electrons. The van der Waals surface area contributed by atoms with Gasteiger partial charge in [0.25, 0.3) is 5.91 Å². The molecule has 0 saturated carbocycles. The molecule has 0 fully saturated rings. The van der Waals surface area contributed by atoms with E-state index in [1.54, 1.807) is 0 Å². The number of ether oxygens (including phenoxy) is 1. The predicted molar refractivity (Wildman–Crippen MR) is 66.7 cm³/mol. The number of nitrogens with zero attached hydrogens (tertiary/aromatic N) is 1. The molecule has 0 saturated heterocycles. The number of amides is 1. The molecule has 0 aliphatic rings. The van der Waals surface area contributed by atoms with Crippen molar-refractivity contribution >= 4 is 11.6 Å². The fourth-order valence-electron chi connectivity index (χ4n) is 1.64. The zero-order valence-corrected chi connectivity index (χ0v) is 10.4. The van der Waals surface area contributed by atoms with Gasteiger partial charge in [0.05, 0.1) is 18.0 Å². The molecule has 17 heavy (non-hydrogen) atoms. The minimum Gasteiger partial charge on any atom is -0.474 e. The number of carbonyl (C=O) groups is 1. The lowest BCUT2D eigenvalue weighted by Gasteiger charge is -2.17. The normalized spacial score (nSPS) is 12.5. The number of anilines is 1. The van der Waals surface area contributed by atoms with Crippen LogP contribution in [0.1, 0.15) is 37.6 Å². The molecule has 1 heterocycles. The van der Waals surface area contributed by atoms with Crippen LogP contribution >= 0.6 is 0 Å². The van der Waals surface area contributed by atoms with E-state index < -0.39 is 5.91 Å². The van der Waals surface area contributed by atoms with Crippen LogP contribution in [-0.4, -0.2) is 17.0 Å². The Morgan fingerprint density at radius 1 is 1.47 bits per heavy atom. The summed E-state index contributed by atoms with van der Waals surface area (Å²) in [4.78, 5) is 15.2. The Hall–Kier alpha value is -1.78. The van der Waals surface area contributed by atoms with Crippen LogP contribution in [0.2, 0.25) is 0 Å². The summed E-state index contributed by atoms with van der Waals surface area (Å²) in [5, 5.41) is 0. The van der Waals surface area contributed by atoms with Crippen molar-refractivity contribution in [2.75, 3.05) is 5.73 Å². The molecule has 0 aliphatic carbocycles. The van der Waals surface area contributed by atoms with Gasteiger partial charge < -0.3 is 16.2 Å². The number of hydrogen-bond acceptors (Lipinski definition) is 4. The van der Waals surface area contributed by atoms with Crippen molar-refractivity contribution in [2.45, 2.75) is 33.3 Å². The van der Waals surface area contributed by atoms with Crippen molar-refractivity contribution in [1.82, 2.24) is 4.98 Å². The van der Waals surface area contributed by atoms with Crippen molar-refractivity contribution in [2.24, 2.45) is 11.7 Å². The van der Waals surface area contributed by atoms with Crippen LogP contribution in [0.4, 0.5) is 5.69 Å². The fraction of sp³-hybridized carbons (Fsp3) is 0.500. The highest BCUT2D eigenvalue weighted by Crippen LogP contribution is 2.20. The van der Waals surface area contributed by atoms with Gasteiger partial charge in [-0.15, -0.1) is 0 Å². The first-order valence-electron chi connectivity index (χ1n) is 5.62. The van der Waals surface area contributed by atoms with Crippen LogP contribution < -0.4 is 16.2 Å². The minimum atomic E-state index is -0.587. The molecular formula is C12H19N3O2. The lowest BCUT2D eigenvalue weighted by atomic mass is 10.1. The Kier molecular flexibility index (Phi) is 4.31. The number of aromatic nitrogens is 1. The number of hydrogen-bond donors (Lipinski definition) is 2. The zero-order chi connectivity index (χ0) is 13.0. The van der Waals surface area contributed by atoms with Crippen LogP contribution in [0.5, 0.6) is 5.88 Å². The Morgan fingerprint density at radius 2 is 2.12 bits per heavy atom. The summed E-state index contributed by atoms with van der Waals surface area (Å²) in [6.07, 6.45) is 2.30. The molecule has 1 aromatic heterocycles. The summed E-state index contributed by atoms with van der Waals surface area (Å²) < 4.78 is 5.61. The lowest BCUT2D eigenvalue weighted by molar-refractivity contribution is 0.0991. The second-order valence-corrected chi connectivity index (χ2v) is 4.54. The van der Waals surface area contributed by atoms with E-state index in [9.17, 15) is 4.79 Å². The van der Waals surface area contributed by atoms with Gasteiger partial charge >= 0.3 is 0 Å². The van der Waals surface area contributed by atoms with Gasteiger partial charge in [0.15, 0.2) is 0 Å². The summed E-state index contributed by atoms with van der Waals surface area (Å²) in [6.45, 7) is 6.14. The molecular weight excluding hydrogens is 218 g/mol.